The van der Waals surface area contributed by atoms with Gasteiger partial charge in [0.15, 0.2) is 0 Å². The highest BCUT2D eigenvalue weighted by Gasteiger charge is 2.39. The minimum absolute atomic E-state index is 0.0830. The van der Waals surface area contributed by atoms with E-state index in [1.807, 2.05) is 34.6 Å². The summed E-state index contributed by atoms with van der Waals surface area (Å²) < 4.78 is 16.5. The summed E-state index contributed by atoms with van der Waals surface area (Å²) in [6.45, 7) is 10.2. The van der Waals surface area contributed by atoms with E-state index in [2.05, 4.69) is 0 Å². The van der Waals surface area contributed by atoms with Gasteiger partial charge in [0.2, 0.25) is 11.2 Å². The lowest BCUT2D eigenvalue weighted by Crippen LogP contribution is -2.36. The zero-order valence-electron chi connectivity index (χ0n) is 14.0. The molecule has 0 radical (unpaired) electrons. The fourth-order valence-electron chi connectivity index (χ4n) is 2.57. The van der Waals surface area contributed by atoms with Crippen LogP contribution >= 0.6 is 0 Å². The lowest BCUT2D eigenvalue weighted by molar-refractivity contribution is 0.0362. The third kappa shape index (κ3) is 3.73. The van der Waals surface area contributed by atoms with Crippen LogP contribution in [0.5, 0.6) is 5.75 Å². The van der Waals surface area contributed by atoms with E-state index in [0.717, 1.165) is 6.42 Å². The highest BCUT2D eigenvalue weighted by atomic mass is 16.5. The summed E-state index contributed by atoms with van der Waals surface area (Å²) in [4.78, 5) is 12.4. The maximum atomic E-state index is 12.4. The van der Waals surface area contributed by atoms with Gasteiger partial charge in [0.05, 0.1) is 19.0 Å². The van der Waals surface area contributed by atoms with Crippen molar-refractivity contribution < 1.29 is 18.8 Å². The van der Waals surface area contributed by atoms with Crippen molar-refractivity contribution in [2.24, 2.45) is 5.41 Å². The fourth-order valence-corrected chi connectivity index (χ4v) is 2.57. The van der Waals surface area contributed by atoms with Crippen LogP contribution in [0.2, 0.25) is 6.32 Å². The van der Waals surface area contributed by atoms with Crippen molar-refractivity contribution in [2.75, 3.05) is 6.61 Å². The highest BCUT2D eigenvalue weighted by Crippen LogP contribution is 2.33. The number of hydrogen-bond acceptors (Lipinski definition) is 5. The van der Waals surface area contributed by atoms with Gasteiger partial charge in [0, 0.05) is 11.0 Å². The Morgan fingerprint density at radius 3 is 2.55 bits per heavy atom. The van der Waals surface area contributed by atoms with Gasteiger partial charge in [-0.25, -0.2) is 0 Å². The molecule has 1 aliphatic rings. The summed E-state index contributed by atoms with van der Waals surface area (Å²) >= 11 is 0. The summed E-state index contributed by atoms with van der Waals surface area (Å²) in [6, 6.07) is 0. The molecule has 6 heteroatoms. The molecule has 1 N–H and O–H groups in total. The average Bonchev–Trinajstić information content (AvgIpc) is 2.84. The quantitative estimate of drug-likeness (QED) is 0.866. The van der Waals surface area contributed by atoms with Gasteiger partial charge in [-0.05, 0) is 18.2 Å². The van der Waals surface area contributed by atoms with Crippen LogP contribution in [0.15, 0.2) is 21.7 Å². The van der Waals surface area contributed by atoms with E-state index in [1.54, 1.807) is 0 Å². The summed E-state index contributed by atoms with van der Waals surface area (Å²) in [5, 5.41) is 9.49. The summed E-state index contributed by atoms with van der Waals surface area (Å²) in [7, 11) is -0.696. The molecule has 1 aliphatic heterocycles. The maximum absolute atomic E-state index is 12.4. The Bertz CT molecular complexity index is 573. The van der Waals surface area contributed by atoms with Crippen LogP contribution in [-0.4, -0.2) is 24.9 Å². The molecule has 5 nitrogen and oxygen atoms in total. The van der Waals surface area contributed by atoms with Crippen LogP contribution in [0.3, 0.4) is 0 Å². The standard InChI is InChI=1S/C16H25BO5/c1-15(2,3)11-8-20-9-12(14(11)18)21-10-16(4,5)13-6-7-17(19)22-13/h8-9,13,19H,6-7,10H2,1-5H3. The van der Waals surface area contributed by atoms with Crippen LogP contribution in [0.4, 0.5) is 0 Å². The Kier molecular flexibility index (Phi) is 4.73. The first-order valence-electron chi connectivity index (χ1n) is 7.68. The molecular weight excluding hydrogens is 283 g/mol. The molecule has 0 aliphatic carbocycles. The predicted molar refractivity (Wildman–Crippen MR) is 85.2 cm³/mol. The Balaban J connectivity index is 2.10. The molecule has 0 aromatic carbocycles. The largest absolute Gasteiger partial charge is 0.486 e. The van der Waals surface area contributed by atoms with E-state index in [0.29, 0.717) is 18.5 Å². The van der Waals surface area contributed by atoms with E-state index in [-0.39, 0.29) is 28.1 Å². The van der Waals surface area contributed by atoms with E-state index >= 15 is 0 Å². The molecular formula is C16H25BO5. The molecule has 2 heterocycles. The molecule has 1 unspecified atom stereocenters. The zero-order chi connectivity index (χ0) is 16.5. The molecule has 1 saturated heterocycles. The summed E-state index contributed by atoms with van der Waals surface area (Å²) in [5.41, 5.74) is -0.146. The third-order valence-corrected chi connectivity index (χ3v) is 4.11. The van der Waals surface area contributed by atoms with Crippen molar-refractivity contribution in [2.45, 2.75) is 58.9 Å². The van der Waals surface area contributed by atoms with Crippen LogP contribution in [0, 0.1) is 5.41 Å². The maximum Gasteiger partial charge on any atom is 0.454 e. The minimum Gasteiger partial charge on any atom is -0.486 e. The molecule has 0 bridgehead atoms. The first-order chi connectivity index (χ1) is 10.1. The van der Waals surface area contributed by atoms with Crippen LogP contribution in [-0.2, 0) is 10.1 Å². The van der Waals surface area contributed by atoms with Gasteiger partial charge in [-0.15, -0.1) is 0 Å². The molecule has 22 heavy (non-hydrogen) atoms. The molecule has 1 aromatic rings. The number of ether oxygens (including phenoxy) is 1. The van der Waals surface area contributed by atoms with Crippen molar-refractivity contribution in [3.63, 3.8) is 0 Å². The lowest BCUT2D eigenvalue weighted by Gasteiger charge is -2.31. The second kappa shape index (κ2) is 6.09. The Morgan fingerprint density at radius 2 is 2.00 bits per heavy atom. The van der Waals surface area contributed by atoms with E-state index < -0.39 is 7.12 Å². The smallest absolute Gasteiger partial charge is 0.454 e. The Hall–Kier alpha value is -1.27. The van der Waals surface area contributed by atoms with Gasteiger partial charge in [-0.1, -0.05) is 34.6 Å². The highest BCUT2D eigenvalue weighted by molar-refractivity contribution is 6.43. The Labute approximate surface area is 131 Å². The van der Waals surface area contributed by atoms with Crippen molar-refractivity contribution in [3.05, 3.63) is 28.3 Å². The Morgan fingerprint density at radius 1 is 1.32 bits per heavy atom. The molecule has 0 saturated carbocycles. The van der Waals surface area contributed by atoms with Crippen LogP contribution in [0.1, 0.15) is 46.6 Å². The van der Waals surface area contributed by atoms with E-state index in [9.17, 15) is 9.82 Å². The molecule has 2 rings (SSSR count). The summed E-state index contributed by atoms with van der Waals surface area (Å²) in [6.07, 6.45) is 4.17. The van der Waals surface area contributed by atoms with Crippen molar-refractivity contribution >= 4 is 7.12 Å². The predicted octanol–water partition coefficient (Wildman–Crippen LogP) is 2.61. The van der Waals surface area contributed by atoms with Gasteiger partial charge in [0.1, 0.15) is 6.26 Å². The number of rotatable bonds is 4. The summed E-state index contributed by atoms with van der Waals surface area (Å²) in [5.74, 6) is 0.221. The minimum atomic E-state index is -0.696. The third-order valence-electron chi connectivity index (χ3n) is 4.11. The zero-order valence-corrected chi connectivity index (χ0v) is 14.0. The van der Waals surface area contributed by atoms with Crippen molar-refractivity contribution in [1.29, 1.82) is 0 Å². The van der Waals surface area contributed by atoms with Crippen LogP contribution < -0.4 is 10.2 Å². The van der Waals surface area contributed by atoms with E-state index in [4.69, 9.17) is 13.8 Å². The second-order valence-electron chi connectivity index (χ2n) is 7.66. The van der Waals surface area contributed by atoms with Gasteiger partial charge < -0.3 is 18.8 Å². The van der Waals surface area contributed by atoms with Crippen LogP contribution in [0.25, 0.3) is 0 Å². The monoisotopic (exact) mass is 308 g/mol. The first-order valence-corrected chi connectivity index (χ1v) is 7.68. The van der Waals surface area contributed by atoms with Gasteiger partial charge in [-0.3, -0.25) is 4.79 Å². The molecule has 0 amide bonds. The van der Waals surface area contributed by atoms with Gasteiger partial charge >= 0.3 is 7.12 Å². The SMILES string of the molecule is CC(C)(C)c1cocc(OCC(C)(C)C2CCB(O)O2)c1=O. The average molecular weight is 308 g/mol. The van der Waals surface area contributed by atoms with E-state index in [1.165, 1.54) is 12.5 Å². The van der Waals surface area contributed by atoms with Crippen molar-refractivity contribution in [1.82, 2.24) is 0 Å². The number of hydrogen-bond donors (Lipinski definition) is 1. The molecule has 1 atom stereocenters. The normalized spacial score (nSPS) is 19.5. The molecule has 1 aromatic heterocycles. The second-order valence-corrected chi connectivity index (χ2v) is 7.66. The molecule has 1 fully saturated rings. The van der Waals surface area contributed by atoms with Gasteiger partial charge in [-0.2, -0.15) is 0 Å². The lowest BCUT2D eigenvalue weighted by atomic mass is 9.83. The topological polar surface area (TPSA) is 68.9 Å². The van der Waals surface area contributed by atoms with Gasteiger partial charge in [0.25, 0.3) is 0 Å². The molecule has 0 spiro atoms. The molecule has 122 valence electrons. The first kappa shape index (κ1) is 17.1. The fraction of sp³-hybridized carbons (Fsp3) is 0.688. The van der Waals surface area contributed by atoms with Crippen molar-refractivity contribution in [3.8, 4) is 5.75 Å².